The van der Waals surface area contributed by atoms with E-state index in [2.05, 4.69) is 233 Å². The molecule has 2 aliphatic carbocycles. The Morgan fingerprint density at radius 3 is 1.11 bits per heavy atom. The van der Waals surface area contributed by atoms with Gasteiger partial charge in [-0.1, -0.05) is 207 Å². The molecule has 0 bridgehead atoms. The van der Waals surface area contributed by atoms with Gasteiger partial charge in [-0.2, -0.15) is 0 Å². The fourth-order valence-corrected chi connectivity index (χ4v) is 12.5. The third kappa shape index (κ3) is 7.51. The quantitative estimate of drug-likeness (QED) is 0.136. The molecule has 1 nitrogen and oxygen atoms in total. The molecule has 71 heavy (non-hydrogen) atoms. The first kappa shape index (κ1) is 44.7. The Morgan fingerprint density at radius 2 is 0.690 bits per heavy atom. The number of hydrogen-bond acceptors (Lipinski definition) is 1. The summed E-state index contributed by atoms with van der Waals surface area (Å²) in [6, 6.07) is 75.8. The normalized spacial score (nSPS) is 13.6. The van der Waals surface area contributed by atoms with Gasteiger partial charge in [0, 0.05) is 21.0 Å². The van der Waals surface area contributed by atoms with Crippen molar-refractivity contribution in [3.63, 3.8) is 0 Å². The molecule has 12 aromatic rings. The van der Waals surface area contributed by atoms with Crippen molar-refractivity contribution in [2.24, 2.45) is 0 Å². The summed E-state index contributed by atoms with van der Waals surface area (Å²) in [5, 5.41) is 16.1. The Labute approximate surface area is 425 Å². The van der Waals surface area contributed by atoms with Crippen molar-refractivity contribution in [2.75, 3.05) is 5.73 Å². The second-order valence-corrected chi connectivity index (χ2v) is 21.9. The van der Waals surface area contributed by atoms with Gasteiger partial charge in [-0.15, -0.1) is 0 Å². The highest BCUT2D eigenvalue weighted by molar-refractivity contribution is 9.10. The largest absolute Gasteiger partial charge is 0.399 e. The predicted octanol–water partition coefficient (Wildman–Crippen LogP) is 19.1. The van der Waals surface area contributed by atoms with E-state index in [1.165, 1.54) is 131 Å². The number of nitrogen functional groups attached to an aromatic ring is 1. The number of benzene rings is 12. The van der Waals surface area contributed by atoms with Gasteiger partial charge in [0.15, 0.2) is 0 Å². The fourth-order valence-electron chi connectivity index (χ4n) is 12.2. The number of anilines is 1. The highest BCUT2D eigenvalue weighted by Crippen LogP contribution is 2.53. The van der Waals surface area contributed by atoms with Crippen molar-refractivity contribution in [2.45, 2.75) is 58.8 Å². The van der Waals surface area contributed by atoms with Gasteiger partial charge >= 0.3 is 0 Å². The highest BCUT2D eigenvalue weighted by Gasteiger charge is 2.37. The minimum atomic E-state index is -0.0204. The zero-order valence-corrected chi connectivity index (χ0v) is 42.9. The molecule has 0 aromatic heterocycles. The van der Waals surface area contributed by atoms with Crippen LogP contribution >= 0.6 is 15.9 Å². The summed E-state index contributed by atoms with van der Waals surface area (Å²) < 4.78 is 1.14. The number of halogens is 1. The molecule has 2 N–H and O–H groups in total. The van der Waals surface area contributed by atoms with E-state index >= 15 is 0 Å². The first-order chi connectivity index (χ1) is 34.3. The van der Waals surface area contributed by atoms with Crippen molar-refractivity contribution in [1.82, 2.24) is 0 Å². The zero-order chi connectivity index (χ0) is 48.8. The molecule has 0 amide bonds. The summed E-state index contributed by atoms with van der Waals surface area (Å²) in [6.45, 7) is 13.7. The van der Waals surface area contributed by atoms with Crippen molar-refractivity contribution in [3.05, 3.63) is 255 Å². The Bertz CT molecular complexity index is 4120. The minimum Gasteiger partial charge on any atom is -0.399 e. The molecule has 0 saturated carbocycles. The van der Waals surface area contributed by atoms with Crippen molar-refractivity contribution in [3.8, 4) is 22.3 Å². The van der Waals surface area contributed by atoms with Crippen LogP contribution in [0.4, 0.5) is 5.69 Å². The van der Waals surface area contributed by atoms with E-state index in [0.29, 0.717) is 0 Å². The number of rotatable bonds is 2. The maximum atomic E-state index is 5.46. The molecular formula is C69H56BrN. The Morgan fingerprint density at radius 1 is 0.324 bits per heavy atom. The van der Waals surface area contributed by atoms with Crippen LogP contribution in [-0.2, 0) is 17.3 Å². The molecular weight excluding hydrogens is 923 g/mol. The van der Waals surface area contributed by atoms with Crippen LogP contribution in [0, 0.1) is 13.8 Å². The van der Waals surface area contributed by atoms with Crippen LogP contribution in [0.2, 0.25) is 0 Å². The molecule has 0 aliphatic heterocycles. The first-order valence-electron chi connectivity index (χ1n) is 24.9. The van der Waals surface area contributed by atoms with E-state index in [-0.39, 0.29) is 10.8 Å². The van der Waals surface area contributed by atoms with Gasteiger partial charge in [0.25, 0.3) is 0 Å². The van der Waals surface area contributed by atoms with Crippen LogP contribution < -0.4 is 5.73 Å². The standard InChI is InChI=1S/C35H28.C27H19Br.C7H9N/c1-22-9-8-10-23(17-22)18-24-15-16-33-31(19-24)32-20-29-27-13-6-4-11-25(27)26-12-5-7-14-28(26)30(29)21-34(32)35(33,2)3;1-27(2)25-12-11-16(28)13-23(25)24-14-21-19-9-5-3-7-17(19)18-8-4-6-10-20(18)22(21)15-26(24)27;1-6-3-2-4-7(8)5-6/h4-17,19-21H,18H2,1-3H3;3-15H,1-2H3;2-5H,8H2,1H3. The minimum absolute atomic E-state index is 0.00626. The van der Waals surface area contributed by atoms with Gasteiger partial charge in [0.2, 0.25) is 0 Å². The van der Waals surface area contributed by atoms with Crippen LogP contribution in [0.3, 0.4) is 0 Å². The van der Waals surface area contributed by atoms with Crippen LogP contribution in [-0.4, -0.2) is 0 Å². The molecule has 0 spiro atoms. The van der Waals surface area contributed by atoms with Crippen LogP contribution in [0.15, 0.2) is 211 Å². The van der Waals surface area contributed by atoms with Gasteiger partial charge in [0.05, 0.1) is 0 Å². The molecule has 2 aliphatic rings. The van der Waals surface area contributed by atoms with Gasteiger partial charge < -0.3 is 5.73 Å². The van der Waals surface area contributed by atoms with Crippen LogP contribution in [0.5, 0.6) is 0 Å². The maximum absolute atomic E-state index is 5.46. The fraction of sp³-hybridized carbons (Fsp3) is 0.130. The number of nitrogens with two attached hydrogens (primary N) is 1. The second kappa shape index (κ2) is 17.1. The molecule has 12 aromatic carbocycles. The molecule has 14 rings (SSSR count). The van der Waals surface area contributed by atoms with E-state index in [4.69, 9.17) is 5.73 Å². The summed E-state index contributed by atoms with van der Waals surface area (Å²) in [6.07, 6.45) is 0.964. The van der Waals surface area contributed by atoms with Crippen LogP contribution in [0.25, 0.3) is 86.9 Å². The summed E-state index contributed by atoms with van der Waals surface area (Å²) >= 11 is 3.68. The Balaban J connectivity index is 0.000000128. The van der Waals surface area contributed by atoms with E-state index in [0.717, 1.165) is 16.6 Å². The summed E-state index contributed by atoms with van der Waals surface area (Å²) in [5.74, 6) is 0. The number of hydrogen-bond donors (Lipinski definition) is 1. The zero-order valence-electron chi connectivity index (χ0n) is 41.3. The molecule has 0 saturated heterocycles. The van der Waals surface area contributed by atoms with Gasteiger partial charge in [0.1, 0.15) is 0 Å². The summed E-state index contributed by atoms with van der Waals surface area (Å²) in [4.78, 5) is 0. The summed E-state index contributed by atoms with van der Waals surface area (Å²) in [5.41, 5.74) is 22.8. The van der Waals surface area contributed by atoms with E-state index in [9.17, 15) is 0 Å². The Hall–Kier alpha value is -7.52. The maximum Gasteiger partial charge on any atom is 0.0316 e. The van der Waals surface area contributed by atoms with Crippen LogP contribution in [0.1, 0.15) is 72.2 Å². The van der Waals surface area contributed by atoms with Gasteiger partial charge in [-0.25, -0.2) is 0 Å². The number of aryl methyl sites for hydroxylation is 2. The molecule has 2 heteroatoms. The predicted molar refractivity (Wildman–Crippen MR) is 310 cm³/mol. The topological polar surface area (TPSA) is 26.0 Å². The van der Waals surface area contributed by atoms with Crippen molar-refractivity contribution in [1.29, 1.82) is 0 Å². The van der Waals surface area contributed by atoms with E-state index < -0.39 is 0 Å². The van der Waals surface area contributed by atoms with Gasteiger partial charge in [-0.3, -0.25) is 0 Å². The van der Waals surface area contributed by atoms with Crippen molar-refractivity contribution < 1.29 is 0 Å². The molecule has 0 fully saturated rings. The average molecular weight is 979 g/mol. The lowest BCUT2D eigenvalue weighted by Gasteiger charge is -2.22. The van der Waals surface area contributed by atoms with E-state index in [1.54, 1.807) is 0 Å². The third-order valence-electron chi connectivity index (χ3n) is 15.6. The molecule has 344 valence electrons. The smallest absolute Gasteiger partial charge is 0.0316 e. The lowest BCUT2D eigenvalue weighted by Crippen LogP contribution is -2.15. The SMILES string of the molecule is CC1(C)c2ccc(Br)cc2-c2cc3c4ccccc4c4ccccc4c3cc21.Cc1cccc(Cc2ccc3c(c2)-c2cc4c5ccccc5c5ccccc5c4cc2C3(C)C)c1.Cc1cccc(N)c1. The Kier molecular flexibility index (Phi) is 10.8. The monoisotopic (exact) mass is 977 g/mol. The molecule has 0 heterocycles. The lowest BCUT2D eigenvalue weighted by molar-refractivity contribution is 0.661. The van der Waals surface area contributed by atoms with E-state index in [1.807, 2.05) is 31.2 Å². The van der Waals surface area contributed by atoms with Crippen molar-refractivity contribution >= 4 is 86.3 Å². The highest BCUT2D eigenvalue weighted by atomic mass is 79.9. The first-order valence-corrected chi connectivity index (χ1v) is 25.7. The average Bonchev–Trinajstić information content (AvgIpc) is 3.73. The third-order valence-corrected chi connectivity index (χ3v) is 16.1. The lowest BCUT2D eigenvalue weighted by atomic mass is 9.81. The molecule has 0 unspecified atom stereocenters. The van der Waals surface area contributed by atoms with Gasteiger partial charge in [-0.05, 0) is 195 Å². The number of fused-ring (bicyclic) bond motifs is 18. The molecule has 0 radical (unpaired) electrons. The summed E-state index contributed by atoms with van der Waals surface area (Å²) in [7, 11) is 0. The molecule has 0 atom stereocenters. The second-order valence-electron chi connectivity index (χ2n) is 21.0.